The summed E-state index contributed by atoms with van der Waals surface area (Å²) < 4.78 is 11.0. The van der Waals surface area contributed by atoms with Crippen molar-refractivity contribution in [2.75, 3.05) is 5.73 Å². The number of hydrogen-bond donors (Lipinski definition) is 5. The molecule has 5 rings (SSSR count). The molecule has 5 atom stereocenters. The number of rotatable bonds is 12. The maximum Gasteiger partial charge on any atom is 0.408 e. The number of aromatic amines is 1. The summed E-state index contributed by atoms with van der Waals surface area (Å²) in [6.07, 6.45) is 1.32. The van der Waals surface area contributed by atoms with Gasteiger partial charge in [-0.2, -0.15) is 0 Å². The van der Waals surface area contributed by atoms with E-state index < -0.39 is 35.5 Å². The van der Waals surface area contributed by atoms with Crippen molar-refractivity contribution in [3.8, 4) is 0 Å². The van der Waals surface area contributed by atoms with Crippen LogP contribution in [-0.2, 0) is 33.8 Å². The zero-order valence-electron chi connectivity index (χ0n) is 27.4. The highest BCUT2D eigenvalue weighted by Gasteiger charge is 2.47. The molecule has 1 aliphatic rings. The average molecular weight is 699 g/mol. The number of hydrogen-bond acceptors (Lipinski definition) is 8. The van der Waals surface area contributed by atoms with E-state index in [2.05, 4.69) is 31.1 Å². The number of carbonyl (C=O) groups is 3. The van der Waals surface area contributed by atoms with Crippen LogP contribution in [0.1, 0.15) is 75.7 Å². The first kappa shape index (κ1) is 35.0. The van der Waals surface area contributed by atoms with Crippen LogP contribution in [0.3, 0.4) is 0 Å². The van der Waals surface area contributed by atoms with Crippen molar-refractivity contribution < 1.29 is 23.5 Å². The Balaban J connectivity index is 1.47. The van der Waals surface area contributed by atoms with Crippen molar-refractivity contribution in [2.45, 2.75) is 84.0 Å². The first-order valence-electron chi connectivity index (χ1n) is 16.1. The predicted molar refractivity (Wildman–Crippen MR) is 183 cm³/mol. The fraction of sp³-hybridized carbons (Fsp3) is 0.441. The molecule has 6 N–H and O–H groups in total. The summed E-state index contributed by atoms with van der Waals surface area (Å²) in [4.78, 5) is 45.2. The Morgan fingerprint density at radius 3 is 2.46 bits per heavy atom. The van der Waals surface area contributed by atoms with Gasteiger partial charge in [-0.3, -0.25) is 9.59 Å². The second-order valence-electron chi connectivity index (χ2n) is 12.5. The number of alkyl carbamates (subject to hydrolysis) is 1. The van der Waals surface area contributed by atoms with Gasteiger partial charge in [0.05, 0.1) is 10.5 Å². The Hall–Kier alpha value is -4.29. The number of anilines is 1. The fourth-order valence-electron chi connectivity index (χ4n) is 6.07. The van der Waals surface area contributed by atoms with Gasteiger partial charge in [0, 0.05) is 22.5 Å². The van der Waals surface area contributed by atoms with Gasteiger partial charge in [-0.25, -0.2) is 4.79 Å². The van der Waals surface area contributed by atoms with Crippen molar-refractivity contribution in [1.29, 1.82) is 0 Å². The number of benzene rings is 2. The van der Waals surface area contributed by atoms with E-state index in [1.165, 1.54) is 0 Å². The van der Waals surface area contributed by atoms with E-state index in [0.717, 1.165) is 22.2 Å². The molecule has 2 unspecified atom stereocenters. The second kappa shape index (κ2) is 14.9. The number of aromatic nitrogens is 3. The number of nitrogens with one attached hydrogen (secondary N) is 4. The zero-order chi connectivity index (χ0) is 34.6. The maximum atomic E-state index is 14.6. The summed E-state index contributed by atoms with van der Waals surface area (Å²) >= 11 is 12.9. The molecule has 2 aromatic heterocycles. The van der Waals surface area contributed by atoms with Crippen molar-refractivity contribution in [2.24, 2.45) is 11.8 Å². The highest BCUT2D eigenvalue weighted by Crippen LogP contribution is 2.39. The molecule has 1 aliphatic carbocycles. The molecule has 0 saturated carbocycles. The van der Waals surface area contributed by atoms with Crippen LogP contribution in [0.5, 0.6) is 0 Å². The van der Waals surface area contributed by atoms with E-state index in [1.807, 2.05) is 58.0 Å². The Labute approximate surface area is 288 Å². The molecular formula is C34H41Cl2N7O5. The van der Waals surface area contributed by atoms with Crippen LogP contribution < -0.4 is 21.7 Å². The molecule has 48 heavy (non-hydrogen) atoms. The van der Waals surface area contributed by atoms with Crippen LogP contribution in [0.2, 0.25) is 10.0 Å². The average Bonchev–Trinajstić information content (AvgIpc) is 3.67. The molecule has 0 fully saturated rings. The van der Waals surface area contributed by atoms with E-state index >= 15 is 0 Å². The first-order chi connectivity index (χ1) is 22.9. The normalized spacial score (nSPS) is 18.3. The number of aryl methyl sites for hydroxylation is 1. The van der Waals surface area contributed by atoms with E-state index in [-0.39, 0.29) is 43.2 Å². The lowest BCUT2D eigenvalue weighted by molar-refractivity contribution is -0.136. The lowest BCUT2D eigenvalue weighted by Crippen LogP contribution is -2.65. The van der Waals surface area contributed by atoms with Crippen molar-refractivity contribution in [1.82, 2.24) is 31.1 Å². The lowest BCUT2D eigenvalue weighted by atomic mass is 9.78. The van der Waals surface area contributed by atoms with E-state index in [4.69, 9.17) is 38.1 Å². The van der Waals surface area contributed by atoms with Crippen molar-refractivity contribution in [3.63, 3.8) is 0 Å². The summed E-state index contributed by atoms with van der Waals surface area (Å²) in [5.74, 6) is -1.19. The minimum absolute atomic E-state index is 0.0412. The third-order valence-electron chi connectivity index (χ3n) is 9.30. The zero-order valence-corrected chi connectivity index (χ0v) is 28.9. The summed E-state index contributed by atoms with van der Waals surface area (Å²) in [5, 5.41) is 18.4. The molecule has 0 radical (unpaired) electrons. The van der Waals surface area contributed by atoms with Crippen LogP contribution in [0.4, 0.5) is 10.8 Å². The number of carbonyl (C=O) groups excluding carboxylic acids is 3. The quantitative estimate of drug-likeness (QED) is 0.119. The van der Waals surface area contributed by atoms with Crippen LogP contribution in [0, 0.1) is 11.8 Å². The van der Waals surface area contributed by atoms with Crippen LogP contribution in [-0.4, -0.2) is 44.7 Å². The number of H-pyrrole nitrogens is 1. The second-order valence-corrected chi connectivity index (χ2v) is 13.4. The van der Waals surface area contributed by atoms with E-state index in [9.17, 15) is 14.4 Å². The Morgan fingerprint density at radius 2 is 1.79 bits per heavy atom. The SMILES string of the molecule is CCC(C)[C@H](NC(=O)OCc1ccccc1)C(=O)N[C@@]1(C(=O)N[C@H](c2nnc(N)o2)C(C)CC)CCc2[nH]c3c(Cl)cc(Cl)cc3c2C1. The first-order valence-corrected chi connectivity index (χ1v) is 16.9. The molecular weight excluding hydrogens is 657 g/mol. The highest BCUT2D eigenvalue weighted by molar-refractivity contribution is 6.38. The van der Waals surface area contributed by atoms with Gasteiger partial charge in [-0.05, 0) is 47.9 Å². The molecule has 2 heterocycles. The van der Waals surface area contributed by atoms with E-state index in [0.29, 0.717) is 34.8 Å². The third-order valence-corrected chi connectivity index (χ3v) is 9.82. The summed E-state index contributed by atoms with van der Waals surface area (Å²) in [5.41, 5.74) is 7.52. The van der Waals surface area contributed by atoms with Gasteiger partial charge in [0.1, 0.15) is 24.2 Å². The summed E-state index contributed by atoms with van der Waals surface area (Å²) in [7, 11) is 0. The minimum Gasteiger partial charge on any atom is -0.445 e. The molecule has 0 spiro atoms. The maximum absolute atomic E-state index is 14.6. The third kappa shape index (κ3) is 7.55. The molecule has 0 bridgehead atoms. The standard InChI is InChI=1S/C34H41Cl2N7O5/c1-5-18(3)26(40-33(46)47-17-20-10-8-7-9-11-20)29(44)41-34(31(45)39-27(19(4)6-2)30-42-43-32(37)48-30)13-12-25-23(16-34)22-14-21(35)15-24(36)28(22)38-25/h7-11,14-15,18-19,26-27,38H,5-6,12-13,16-17H2,1-4H3,(H2,37,43)(H,39,45)(H,40,46)(H,41,44)/t18?,19?,26-,27-,34-/m0/s1. The molecule has 4 aromatic rings. The minimum atomic E-state index is -1.44. The number of fused-ring (bicyclic) bond motifs is 3. The monoisotopic (exact) mass is 697 g/mol. The van der Waals surface area contributed by atoms with Crippen molar-refractivity contribution >= 4 is 58.0 Å². The molecule has 12 nitrogen and oxygen atoms in total. The van der Waals surface area contributed by atoms with Crippen LogP contribution in [0.15, 0.2) is 46.9 Å². The van der Waals surface area contributed by atoms with Gasteiger partial charge in [0.15, 0.2) is 0 Å². The number of halogens is 2. The van der Waals surface area contributed by atoms with E-state index in [1.54, 1.807) is 12.1 Å². The number of nitrogens with two attached hydrogens (primary N) is 1. The van der Waals surface area contributed by atoms with Gasteiger partial charge < -0.3 is 35.8 Å². The fourth-order valence-corrected chi connectivity index (χ4v) is 6.61. The number of ether oxygens (including phenoxy) is 1. The number of nitrogens with zero attached hydrogens (tertiary/aromatic N) is 2. The van der Waals surface area contributed by atoms with Gasteiger partial charge in [0.2, 0.25) is 17.7 Å². The molecule has 14 heteroatoms. The Morgan fingerprint density at radius 1 is 1.06 bits per heavy atom. The number of nitrogen functional groups attached to an aromatic ring is 1. The molecule has 0 saturated heterocycles. The molecule has 3 amide bonds. The highest BCUT2D eigenvalue weighted by atomic mass is 35.5. The smallest absolute Gasteiger partial charge is 0.408 e. The molecule has 2 aromatic carbocycles. The van der Waals surface area contributed by atoms with Crippen LogP contribution >= 0.6 is 23.2 Å². The topological polar surface area (TPSA) is 177 Å². The lowest BCUT2D eigenvalue weighted by Gasteiger charge is -2.39. The largest absolute Gasteiger partial charge is 0.445 e. The number of amides is 3. The van der Waals surface area contributed by atoms with Crippen LogP contribution in [0.25, 0.3) is 10.9 Å². The van der Waals surface area contributed by atoms with Gasteiger partial charge in [-0.1, -0.05) is 99.2 Å². The predicted octanol–water partition coefficient (Wildman–Crippen LogP) is 6.03. The summed E-state index contributed by atoms with van der Waals surface area (Å²) in [6.45, 7) is 7.74. The van der Waals surface area contributed by atoms with Gasteiger partial charge >= 0.3 is 12.1 Å². The Kier molecular flexibility index (Phi) is 10.8. The Bertz CT molecular complexity index is 1780. The van der Waals surface area contributed by atoms with Crippen molar-refractivity contribution in [3.05, 3.63) is 75.2 Å². The molecule has 256 valence electrons. The summed E-state index contributed by atoms with van der Waals surface area (Å²) in [6, 6.07) is 10.9. The van der Waals surface area contributed by atoms with Gasteiger partial charge in [-0.15, -0.1) is 5.10 Å². The molecule has 0 aliphatic heterocycles. The van der Waals surface area contributed by atoms with Gasteiger partial charge in [0.25, 0.3) is 0 Å².